The van der Waals surface area contributed by atoms with E-state index in [9.17, 15) is 13.9 Å². The fraction of sp³-hybridized carbons (Fsp3) is 0.500. The van der Waals surface area contributed by atoms with Crippen LogP contribution in [0.2, 0.25) is 0 Å². The Labute approximate surface area is 99.6 Å². The molecule has 0 radical (unpaired) electrons. The van der Waals surface area contributed by atoms with Crippen LogP contribution in [0.5, 0.6) is 0 Å². The topological polar surface area (TPSA) is 58.3 Å². The van der Waals surface area contributed by atoms with Gasteiger partial charge in [0.2, 0.25) is 0 Å². The number of hydrogen-bond acceptors (Lipinski definition) is 3. The summed E-state index contributed by atoms with van der Waals surface area (Å²) in [5.74, 6) is -1.17. The van der Waals surface area contributed by atoms with Crippen molar-refractivity contribution in [3.05, 3.63) is 23.8 Å². The first-order chi connectivity index (χ1) is 7.90. The van der Waals surface area contributed by atoms with E-state index in [0.29, 0.717) is 12.3 Å². The Morgan fingerprint density at radius 2 is 1.82 bits per heavy atom. The van der Waals surface area contributed by atoms with Crippen LogP contribution in [-0.2, 0) is 0 Å². The SMILES string of the molecule is CC(C)CC(O)CNc1c(F)cc(N)cc1F. The van der Waals surface area contributed by atoms with Crippen molar-refractivity contribution < 1.29 is 13.9 Å². The number of nitrogens with two attached hydrogens (primary N) is 1. The molecule has 0 aliphatic heterocycles. The molecule has 1 aromatic rings. The molecule has 0 spiro atoms. The Balaban J connectivity index is 2.63. The third kappa shape index (κ3) is 4.19. The number of nitrogens with one attached hydrogen (secondary N) is 1. The lowest BCUT2D eigenvalue weighted by Crippen LogP contribution is -2.22. The van der Waals surface area contributed by atoms with Gasteiger partial charge in [0, 0.05) is 12.2 Å². The molecule has 0 fully saturated rings. The molecular weight excluding hydrogens is 226 g/mol. The summed E-state index contributed by atoms with van der Waals surface area (Å²) < 4.78 is 26.7. The zero-order chi connectivity index (χ0) is 13.0. The number of aliphatic hydroxyl groups excluding tert-OH is 1. The molecule has 1 atom stereocenters. The quantitative estimate of drug-likeness (QED) is 0.697. The van der Waals surface area contributed by atoms with E-state index >= 15 is 0 Å². The maximum atomic E-state index is 13.4. The van der Waals surface area contributed by atoms with E-state index in [1.165, 1.54) is 0 Å². The molecule has 1 rings (SSSR count). The monoisotopic (exact) mass is 244 g/mol. The lowest BCUT2D eigenvalue weighted by atomic mass is 10.1. The summed E-state index contributed by atoms with van der Waals surface area (Å²) in [5.41, 5.74) is 5.08. The molecule has 4 N–H and O–H groups in total. The first kappa shape index (κ1) is 13.7. The van der Waals surface area contributed by atoms with Gasteiger partial charge >= 0.3 is 0 Å². The Morgan fingerprint density at radius 1 is 1.29 bits per heavy atom. The molecule has 1 aromatic carbocycles. The van der Waals surface area contributed by atoms with Crippen LogP contribution in [0.25, 0.3) is 0 Å². The highest BCUT2D eigenvalue weighted by molar-refractivity contribution is 5.54. The van der Waals surface area contributed by atoms with Crippen molar-refractivity contribution >= 4 is 11.4 Å². The molecule has 17 heavy (non-hydrogen) atoms. The fourth-order valence-corrected chi connectivity index (χ4v) is 1.61. The predicted molar refractivity (Wildman–Crippen MR) is 64.7 cm³/mol. The number of benzene rings is 1. The number of anilines is 2. The van der Waals surface area contributed by atoms with Crippen LogP contribution in [0.1, 0.15) is 20.3 Å². The molecule has 3 nitrogen and oxygen atoms in total. The maximum absolute atomic E-state index is 13.4. The van der Waals surface area contributed by atoms with E-state index in [1.54, 1.807) is 0 Å². The van der Waals surface area contributed by atoms with Gasteiger partial charge in [-0.3, -0.25) is 0 Å². The van der Waals surface area contributed by atoms with E-state index in [4.69, 9.17) is 5.73 Å². The van der Waals surface area contributed by atoms with Crippen molar-refractivity contribution in [2.45, 2.75) is 26.4 Å². The molecule has 0 saturated heterocycles. The molecular formula is C12H18F2N2O. The van der Waals surface area contributed by atoms with Crippen LogP contribution in [-0.4, -0.2) is 17.8 Å². The summed E-state index contributed by atoms with van der Waals surface area (Å²) in [6, 6.07) is 2.08. The predicted octanol–water partition coefficient (Wildman–Crippen LogP) is 2.37. The van der Waals surface area contributed by atoms with Crippen LogP contribution >= 0.6 is 0 Å². The average molecular weight is 244 g/mol. The van der Waals surface area contributed by atoms with Crippen LogP contribution in [0.4, 0.5) is 20.2 Å². The first-order valence-electron chi connectivity index (χ1n) is 5.56. The van der Waals surface area contributed by atoms with Crippen molar-refractivity contribution in [2.75, 3.05) is 17.6 Å². The molecule has 0 bridgehead atoms. The van der Waals surface area contributed by atoms with Crippen molar-refractivity contribution in [1.82, 2.24) is 0 Å². The van der Waals surface area contributed by atoms with Crippen molar-refractivity contribution in [3.8, 4) is 0 Å². The van der Waals surface area contributed by atoms with Gasteiger partial charge in [0.05, 0.1) is 6.10 Å². The van der Waals surface area contributed by atoms with Gasteiger partial charge < -0.3 is 16.2 Å². The van der Waals surface area contributed by atoms with E-state index in [1.807, 2.05) is 13.8 Å². The summed E-state index contributed by atoms with van der Waals surface area (Å²) in [7, 11) is 0. The van der Waals surface area contributed by atoms with Crippen molar-refractivity contribution in [2.24, 2.45) is 5.92 Å². The van der Waals surface area contributed by atoms with Gasteiger partial charge in [0.1, 0.15) is 5.69 Å². The molecule has 0 heterocycles. The minimum absolute atomic E-state index is 0.0354. The van der Waals surface area contributed by atoms with Crippen LogP contribution in [0.15, 0.2) is 12.1 Å². The van der Waals surface area contributed by atoms with Gasteiger partial charge in [-0.25, -0.2) is 8.78 Å². The Bertz CT molecular complexity index is 360. The summed E-state index contributed by atoms with van der Waals surface area (Å²) in [6.07, 6.45) is -0.0584. The third-order valence-electron chi connectivity index (χ3n) is 2.32. The second-order valence-corrected chi connectivity index (χ2v) is 4.52. The first-order valence-corrected chi connectivity index (χ1v) is 5.56. The molecule has 0 saturated carbocycles. The van der Waals surface area contributed by atoms with Gasteiger partial charge in [-0.15, -0.1) is 0 Å². The molecule has 5 heteroatoms. The Kier molecular flexibility index (Phi) is 4.69. The highest BCUT2D eigenvalue weighted by atomic mass is 19.1. The van der Waals surface area contributed by atoms with Gasteiger partial charge in [-0.1, -0.05) is 13.8 Å². The smallest absolute Gasteiger partial charge is 0.151 e. The molecule has 0 amide bonds. The maximum Gasteiger partial charge on any atom is 0.151 e. The minimum Gasteiger partial charge on any atom is -0.399 e. The summed E-state index contributed by atoms with van der Waals surface area (Å²) in [6.45, 7) is 4.04. The standard InChI is InChI=1S/C12H18F2N2O/c1-7(2)3-9(17)6-16-12-10(13)4-8(15)5-11(12)14/h4-5,7,9,16-17H,3,6,15H2,1-2H3. The summed E-state index contributed by atoms with van der Waals surface area (Å²) in [5, 5.41) is 12.1. The lowest BCUT2D eigenvalue weighted by molar-refractivity contribution is 0.161. The van der Waals surface area contributed by atoms with Gasteiger partial charge in [-0.05, 0) is 24.5 Å². The van der Waals surface area contributed by atoms with Gasteiger partial charge in [-0.2, -0.15) is 0 Å². The average Bonchev–Trinajstić information content (AvgIpc) is 2.14. The minimum atomic E-state index is -0.751. The molecule has 0 aromatic heterocycles. The van der Waals surface area contributed by atoms with Gasteiger partial charge in [0.25, 0.3) is 0 Å². The zero-order valence-electron chi connectivity index (χ0n) is 10.0. The van der Waals surface area contributed by atoms with Crippen LogP contribution < -0.4 is 11.1 Å². The highest BCUT2D eigenvalue weighted by Crippen LogP contribution is 2.22. The summed E-state index contributed by atoms with van der Waals surface area (Å²) >= 11 is 0. The molecule has 0 aliphatic rings. The third-order valence-corrected chi connectivity index (χ3v) is 2.32. The number of nitrogen functional groups attached to an aromatic ring is 1. The van der Waals surface area contributed by atoms with Crippen molar-refractivity contribution in [1.29, 1.82) is 0 Å². The lowest BCUT2D eigenvalue weighted by Gasteiger charge is -2.15. The second-order valence-electron chi connectivity index (χ2n) is 4.52. The Morgan fingerprint density at radius 3 is 2.29 bits per heavy atom. The molecule has 0 aliphatic carbocycles. The van der Waals surface area contributed by atoms with Crippen LogP contribution in [0.3, 0.4) is 0 Å². The van der Waals surface area contributed by atoms with Crippen molar-refractivity contribution in [3.63, 3.8) is 0 Å². The fourth-order valence-electron chi connectivity index (χ4n) is 1.61. The Hall–Kier alpha value is -1.36. The normalized spacial score (nSPS) is 12.8. The van der Waals surface area contributed by atoms with E-state index in [0.717, 1.165) is 12.1 Å². The second kappa shape index (κ2) is 5.82. The van der Waals surface area contributed by atoms with E-state index in [2.05, 4.69) is 5.32 Å². The number of hydrogen-bond donors (Lipinski definition) is 3. The largest absolute Gasteiger partial charge is 0.399 e. The number of aliphatic hydroxyl groups is 1. The molecule has 96 valence electrons. The zero-order valence-corrected chi connectivity index (χ0v) is 10.0. The highest BCUT2D eigenvalue weighted by Gasteiger charge is 2.12. The van der Waals surface area contributed by atoms with E-state index < -0.39 is 17.7 Å². The number of halogens is 2. The summed E-state index contributed by atoms with van der Waals surface area (Å²) in [4.78, 5) is 0. The molecule has 1 unspecified atom stereocenters. The van der Waals surface area contributed by atoms with E-state index in [-0.39, 0.29) is 17.9 Å². The number of rotatable bonds is 5. The van der Waals surface area contributed by atoms with Crippen LogP contribution in [0, 0.1) is 17.6 Å². The van der Waals surface area contributed by atoms with Gasteiger partial charge in [0.15, 0.2) is 11.6 Å².